The minimum Gasteiger partial charge on any atom is -0.507 e. The van der Waals surface area contributed by atoms with Gasteiger partial charge in [-0.1, -0.05) is 31.2 Å². The van der Waals surface area contributed by atoms with Crippen molar-refractivity contribution >= 4 is 17.4 Å². The smallest absolute Gasteiger partial charge is 0.295 e. The van der Waals surface area contributed by atoms with Gasteiger partial charge in [0.25, 0.3) is 11.7 Å². The summed E-state index contributed by atoms with van der Waals surface area (Å²) in [7, 11) is 0. The van der Waals surface area contributed by atoms with Gasteiger partial charge in [0.1, 0.15) is 11.5 Å². The number of nitrogens with zero attached hydrogens (tertiary/aromatic N) is 1. The lowest BCUT2D eigenvalue weighted by Gasteiger charge is -2.24. The van der Waals surface area contributed by atoms with Crippen molar-refractivity contribution in [2.45, 2.75) is 26.3 Å². The van der Waals surface area contributed by atoms with E-state index in [2.05, 4.69) is 0 Å². The lowest BCUT2D eigenvalue weighted by molar-refractivity contribution is -0.140. The largest absolute Gasteiger partial charge is 0.507 e. The van der Waals surface area contributed by atoms with E-state index in [9.17, 15) is 19.8 Å². The maximum atomic E-state index is 12.8. The highest BCUT2D eigenvalue weighted by atomic mass is 16.5. The fraction of sp³-hybridized carbons (Fsp3) is 0.304. The molecule has 1 aliphatic heterocycles. The van der Waals surface area contributed by atoms with Gasteiger partial charge < -0.3 is 19.8 Å². The van der Waals surface area contributed by atoms with Crippen molar-refractivity contribution in [1.82, 2.24) is 4.90 Å². The van der Waals surface area contributed by atoms with Crippen molar-refractivity contribution < 1.29 is 24.5 Å². The molecule has 0 aliphatic carbocycles. The number of ketones is 1. The highest BCUT2D eigenvalue weighted by Crippen LogP contribution is 2.39. The Balaban J connectivity index is 2.09. The van der Waals surface area contributed by atoms with Crippen LogP contribution in [-0.4, -0.2) is 46.6 Å². The first-order valence-corrected chi connectivity index (χ1v) is 9.73. The number of rotatable bonds is 7. The first kappa shape index (κ1) is 20.6. The van der Waals surface area contributed by atoms with Gasteiger partial charge in [-0.15, -0.1) is 0 Å². The van der Waals surface area contributed by atoms with Crippen LogP contribution in [0.5, 0.6) is 5.75 Å². The Labute approximate surface area is 170 Å². The van der Waals surface area contributed by atoms with E-state index >= 15 is 0 Å². The molecule has 3 rings (SSSR count). The number of aliphatic hydroxyl groups excluding tert-OH is 2. The number of aryl methyl sites for hydroxylation is 1. The first-order valence-electron chi connectivity index (χ1n) is 9.73. The molecule has 1 heterocycles. The number of aliphatic hydroxyl groups is 2. The van der Waals surface area contributed by atoms with Crippen LogP contribution in [0.4, 0.5) is 0 Å². The van der Waals surface area contributed by atoms with Gasteiger partial charge in [0.2, 0.25) is 0 Å². The van der Waals surface area contributed by atoms with Gasteiger partial charge in [0.05, 0.1) is 24.8 Å². The van der Waals surface area contributed by atoms with E-state index in [0.717, 1.165) is 12.0 Å². The zero-order valence-corrected chi connectivity index (χ0v) is 16.6. The molecule has 0 bridgehead atoms. The molecule has 1 saturated heterocycles. The van der Waals surface area contributed by atoms with Crippen molar-refractivity contribution in [1.29, 1.82) is 0 Å². The van der Waals surface area contributed by atoms with Crippen molar-refractivity contribution in [3.63, 3.8) is 0 Å². The number of carbonyl (C=O) groups is 2. The fourth-order valence-electron chi connectivity index (χ4n) is 3.53. The lowest BCUT2D eigenvalue weighted by atomic mass is 9.94. The molecule has 152 valence electrons. The van der Waals surface area contributed by atoms with Crippen molar-refractivity contribution in [2.75, 3.05) is 19.8 Å². The van der Waals surface area contributed by atoms with Crippen LogP contribution < -0.4 is 4.74 Å². The summed E-state index contributed by atoms with van der Waals surface area (Å²) in [6.07, 6.45) is 0.864. The van der Waals surface area contributed by atoms with Crippen LogP contribution in [0.3, 0.4) is 0 Å². The average Bonchev–Trinajstić information content (AvgIpc) is 2.99. The summed E-state index contributed by atoms with van der Waals surface area (Å²) >= 11 is 0. The van der Waals surface area contributed by atoms with Crippen LogP contribution in [-0.2, 0) is 16.0 Å². The van der Waals surface area contributed by atoms with Gasteiger partial charge in [-0.05, 0) is 48.7 Å². The molecule has 6 nitrogen and oxygen atoms in total. The third kappa shape index (κ3) is 4.03. The third-order valence-corrected chi connectivity index (χ3v) is 5.02. The molecule has 29 heavy (non-hydrogen) atoms. The van der Waals surface area contributed by atoms with E-state index < -0.39 is 17.7 Å². The number of amides is 1. The van der Waals surface area contributed by atoms with Gasteiger partial charge >= 0.3 is 0 Å². The SMILES string of the molecule is CCOc1ccc(/C(O)=C2/C(=O)C(=O)N(CCO)C2c2ccc(CC)cc2)cc1. The molecule has 1 fully saturated rings. The molecule has 1 atom stereocenters. The summed E-state index contributed by atoms with van der Waals surface area (Å²) in [6.45, 7) is 4.16. The molecule has 6 heteroatoms. The quantitative estimate of drug-likeness (QED) is 0.427. The number of likely N-dealkylation sites (tertiary alicyclic amines) is 1. The third-order valence-electron chi connectivity index (χ3n) is 5.02. The zero-order valence-electron chi connectivity index (χ0n) is 16.6. The standard InChI is InChI=1S/C23H25NO5/c1-3-15-5-7-16(8-6-15)20-19(22(27)23(28)24(20)13-14-25)21(26)17-9-11-18(12-10-17)29-4-2/h5-12,20,25-26H,3-4,13-14H2,1-2H3/b21-19-. The van der Waals surface area contributed by atoms with E-state index in [0.29, 0.717) is 23.5 Å². The summed E-state index contributed by atoms with van der Waals surface area (Å²) in [4.78, 5) is 26.7. The van der Waals surface area contributed by atoms with Gasteiger partial charge in [-0.2, -0.15) is 0 Å². The second kappa shape index (κ2) is 8.92. The fourth-order valence-corrected chi connectivity index (χ4v) is 3.53. The Morgan fingerprint density at radius 3 is 2.24 bits per heavy atom. The molecule has 2 aromatic carbocycles. The summed E-state index contributed by atoms with van der Waals surface area (Å²) in [5.74, 6) is -1.07. The maximum absolute atomic E-state index is 12.8. The second-order valence-corrected chi connectivity index (χ2v) is 6.77. The minimum absolute atomic E-state index is 0.00479. The summed E-state index contributed by atoms with van der Waals surface area (Å²) in [5.41, 5.74) is 2.28. The van der Waals surface area contributed by atoms with E-state index in [1.807, 2.05) is 38.1 Å². The second-order valence-electron chi connectivity index (χ2n) is 6.77. The maximum Gasteiger partial charge on any atom is 0.295 e. The Bertz CT molecular complexity index is 915. The summed E-state index contributed by atoms with van der Waals surface area (Å²) in [6, 6.07) is 13.5. The number of hydrogen-bond acceptors (Lipinski definition) is 5. The molecule has 2 aromatic rings. The molecule has 0 spiro atoms. The number of Topliss-reactive ketones (excluding diaryl/α,β-unsaturated/α-hetero) is 1. The number of β-amino-alcohol motifs (C(OH)–C–C–N with tert-alkyl or cyclic N) is 1. The van der Waals surface area contributed by atoms with Crippen LogP contribution in [0.1, 0.15) is 36.6 Å². The Morgan fingerprint density at radius 1 is 1.03 bits per heavy atom. The summed E-state index contributed by atoms with van der Waals surface area (Å²) < 4.78 is 5.41. The van der Waals surface area contributed by atoms with E-state index in [-0.39, 0.29) is 24.5 Å². The topological polar surface area (TPSA) is 87.1 Å². The predicted octanol–water partition coefficient (Wildman–Crippen LogP) is 3.06. The Kier molecular flexibility index (Phi) is 6.34. The minimum atomic E-state index is -0.755. The number of ether oxygens (including phenoxy) is 1. The van der Waals surface area contributed by atoms with Gasteiger partial charge in [-0.3, -0.25) is 9.59 Å². The molecule has 1 unspecified atom stereocenters. The molecular weight excluding hydrogens is 370 g/mol. The number of benzene rings is 2. The van der Waals surface area contributed by atoms with Gasteiger partial charge in [0.15, 0.2) is 0 Å². The van der Waals surface area contributed by atoms with Crippen LogP contribution in [0.15, 0.2) is 54.1 Å². The van der Waals surface area contributed by atoms with Crippen molar-refractivity contribution in [3.05, 3.63) is 70.8 Å². The zero-order chi connectivity index (χ0) is 21.0. The molecule has 0 saturated carbocycles. The van der Waals surface area contributed by atoms with Crippen molar-refractivity contribution in [3.8, 4) is 5.75 Å². The number of hydrogen-bond donors (Lipinski definition) is 2. The van der Waals surface area contributed by atoms with Gasteiger partial charge in [-0.25, -0.2) is 0 Å². The van der Waals surface area contributed by atoms with E-state index in [4.69, 9.17) is 4.74 Å². The normalized spacial score (nSPS) is 18.3. The van der Waals surface area contributed by atoms with E-state index in [1.165, 1.54) is 4.90 Å². The monoisotopic (exact) mass is 395 g/mol. The molecule has 0 aromatic heterocycles. The lowest BCUT2D eigenvalue weighted by Crippen LogP contribution is -2.32. The Morgan fingerprint density at radius 2 is 1.69 bits per heavy atom. The number of carbonyl (C=O) groups excluding carboxylic acids is 2. The predicted molar refractivity (Wildman–Crippen MR) is 110 cm³/mol. The van der Waals surface area contributed by atoms with Crippen LogP contribution in [0.2, 0.25) is 0 Å². The molecule has 1 aliphatic rings. The summed E-state index contributed by atoms with van der Waals surface area (Å²) in [5, 5.41) is 20.3. The average molecular weight is 395 g/mol. The Hall–Kier alpha value is -3.12. The van der Waals surface area contributed by atoms with Crippen LogP contribution in [0.25, 0.3) is 5.76 Å². The molecule has 1 amide bonds. The highest BCUT2D eigenvalue weighted by Gasteiger charge is 2.45. The van der Waals surface area contributed by atoms with E-state index in [1.54, 1.807) is 24.3 Å². The van der Waals surface area contributed by atoms with Crippen molar-refractivity contribution in [2.24, 2.45) is 0 Å². The van der Waals surface area contributed by atoms with Crippen LogP contribution in [0, 0.1) is 0 Å². The molecule has 2 N–H and O–H groups in total. The van der Waals surface area contributed by atoms with Gasteiger partial charge in [0, 0.05) is 12.1 Å². The van der Waals surface area contributed by atoms with Crippen LogP contribution >= 0.6 is 0 Å². The first-order chi connectivity index (χ1) is 14.0. The highest BCUT2D eigenvalue weighted by molar-refractivity contribution is 6.46. The molecule has 0 radical (unpaired) electrons. The molecular formula is C23H25NO5.